The van der Waals surface area contributed by atoms with Crippen molar-refractivity contribution in [2.45, 2.75) is 32.7 Å². The molecule has 0 bridgehead atoms. The van der Waals surface area contributed by atoms with E-state index >= 15 is 0 Å². The minimum atomic E-state index is -1.13. The van der Waals surface area contributed by atoms with Crippen LogP contribution in [0.3, 0.4) is 0 Å². The third-order valence-corrected chi connectivity index (χ3v) is 2.75. The molecule has 0 aliphatic carbocycles. The van der Waals surface area contributed by atoms with Crippen molar-refractivity contribution in [2.24, 2.45) is 0 Å². The summed E-state index contributed by atoms with van der Waals surface area (Å²) in [5.41, 5.74) is -0.421. The van der Waals surface area contributed by atoms with Gasteiger partial charge in [-0.15, -0.1) is 0 Å². The largest absolute Gasteiger partial charge is 0.464 e. The SMILES string of the molecule is CCOC(=O)C(C)(NC(=O)CC)c1ccccc1. The Hall–Kier alpha value is -1.84. The third-order valence-electron chi connectivity index (χ3n) is 2.75. The number of ether oxygens (including phenoxy) is 1. The number of amides is 1. The van der Waals surface area contributed by atoms with E-state index in [4.69, 9.17) is 4.74 Å². The van der Waals surface area contributed by atoms with Crippen LogP contribution in [0.1, 0.15) is 32.8 Å². The Morgan fingerprint density at radius 1 is 1.22 bits per heavy atom. The highest BCUT2D eigenvalue weighted by atomic mass is 16.5. The fourth-order valence-electron chi connectivity index (χ4n) is 1.66. The van der Waals surface area contributed by atoms with Crippen LogP contribution in [0.4, 0.5) is 0 Å². The molecule has 1 aromatic rings. The lowest BCUT2D eigenvalue weighted by atomic mass is 9.92. The molecule has 0 spiro atoms. The first-order valence-electron chi connectivity index (χ1n) is 6.08. The van der Waals surface area contributed by atoms with Gasteiger partial charge in [0.2, 0.25) is 5.91 Å². The van der Waals surface area contributed by atoms with Crippen molar-refractivity contribution >= 4 is 11.9 Å². The Kier molecular flexibility index (Phi) is 4.89. The number of esters is 1. The lowest BCUT2D eigenvalue weighted by Crippen LogP contribution is -2.50. The van der Waals surface area contributed by atoms with E-state index in [9.17, 15) is 9.59 Å². The Morgan fingerprint density at radius 3 is 2.33 bits per heavy atom. The van der Waals surface area contributed by atoms with Gasteiger partial charge in [-0.3, -0.25) is 4.79 Å². The molecule has 4 heteroatoms. The number of hydrogen-bond donors (Lipinski definition) is 1. The highest BCUT2D eigenvalue weighted by Crippen LogP contribution is 2.22. The maximum atomic E-state index is 12.1. The predicted octanol–water partition coefficient (Wildman–Crippen LogP) is 1.99. The molecule has 1 aromatic carbocycles. The van der Waals surface area contributed by atoms with Gasteiger partial charge in [0.25, 0.3) is 0 Å². The molecule has 0 saturated heterocycles. The lowest BCUT2D eigenvalue weighted by Gasteiger charge is -2.28. The van der Waals surface area contributed by atoms with Crippen LogP contribution < -0.4 is 5.32 Å². The van der Waals surface area contributed by atoms with Gasteiger partial charge in [0.1, 0.15) is 0 Å². The van der Waals surface area contributed by atoms with E-state index in [1.165, 1.54) is 0 Å². The van der Waals surface area contributed by atoms with Crippen LogP contribution in [0, 0.1) is 0 Å². The van der Waals surface area contributed by atoms with E-state index in [1.54, 1.807) is 32.9 Å². The summed E-state index contributed by atoms with van der Waals surface area (Å²) in [5.74, 6) is -0.632. The van der Waals surface area contributed by atoms with E-state index in [-0.39, 0.29) is 12.5 Å². The maximum Gasteiger partial charge on any atom is 0.336 e. The molecule has 4 nitrogen and oxygen atoms in total. The molecule has 1 N–H and O–H groups in total. The molecule has 1 amide bonds. The summed E-state index contributed by atoms with van der Waals surface area (Å²) in [7, 11) is 0. The van der Waals surface area contributed by atoms with Gasteiger partial charge in [0, 0.05) is 6.42 Å². The standard InChI is InChI=1S/C14H19NO3/c1-4-12(16)15-14(3,13(17)18-5-2)11-9-7-6-8-10-11/h6-10H,4-5H2,1-3H3,(H,15,16). The van der Waals surface area contributed by atoms with Crippen molar-refractivity contribution in [3.8, 4) is 0 Å². The smallest absolute Gasteiger partial charge is 0.336 e. The summed E-state index contributed by atoms with van der Waals surface area (Å²) >= 11 is 0. The molecule has 1 atom stereocenters. The molecule has 98 valence electrons. The van der Waals surface area contributed by atoms with Crippen LogP contribution >= 0.6 is 0 Å². The number of hydrogen-bond acceptors (Lipinski definition) is 3. The first kappa shape index (κ1) is 14.2. The number of benzene rings is 1. The monoisotopic (exact) mass is 249 g/mol. The zero-order chi connectivity index (χ0) is 13.6. The van der Waals surface area contributed by atoms with E-state index in [0.717, 1.165) is 0 Å². The van der Waals surface area contributed by atoms with Gasteiger partial charge in [-0.1, -0.05) is 37.3 Å². The first-order chi connectivity index (χ1) is 8.54. The van der Waals surface area contributed by atoms with Gasteiger partial charge in [-0.05, 0) is 19.4 Å². The van der Waals surface area contributed by atoms with E-state index in [2.05, 4.69) is 5.32 Å². The van der Waals surface area contributed by atoms with Crippen LogP contribution in [-0.4, -0.2) is 18.5 Å². The second kappa shape index (κ2) is 6.19. The van der Waals surface area contributed by atoms with Gasteiger partial charge in [-0.2, -0.15) is 0 Å². The van der Waals surface area contributed by atoms with Crippen LogP contribution in [0.2, 0.25) is 0 Å². The Bertz CT molecular complexity index is 416. The first-order valence-corrected chi connectivity index (χ1v) is 6.08. The second-order valence-electron chi connectivity index (χ2n) is 4.11. The quantitative estimate of drug-likeness (QED) is 0.812. The van der Waals surface area contributed by atoms with E-state index in [1.807, 2.05) is 18.2 Å². The number of nitrogens with one attached hydrogen (secondary N) is 1. The zero-order valence-corrected chi connectivity index (χ0v) is 11.0. The van der Waals surface area contributed by atoms with Crippen molar-refractivity contribution in [3.63, 3.8) is 0 Å². The summed E-state index contributed by atoms with van der Waals surface area (Å²) in [5, 5.41) is 2.73. The summed E-state index contributed by atoms with van der Waals surface area (Å²) in [4.78, 5) is 23.7. The molecule has 0 fully saturated rings. The van der Waals surface area contributed by atoms with Crippen molar-refractivity contribution in [1.29, 1.82) is 0 Å². The summed E-state index contributed by atoms with van der Waals surface area (Å²) < 4.78 is 5.05. The topological polar surface area (TPSA) is 55.4 Å². The van der Waals surface area contributed by atoms with Crippen LogP contribution in [0.5, 0.6) is 0 Å². The Labute approximate surface area is 107 Å². The molecule has 0 saturated carbocycles. The van der Waals surface area contributed by atoms with E-state index < -0.39 is 11.5 Å². The molecule has 0 heterocycles. The molecule has 0 aliphatic heterocycles. The zero-order valence-electron chi connectivity index (χ0n) is 11.0. The number of rotatable bonds is 5. The van der Waals surface area contributed by atoms with Gasteiger partial charge < -0.3 is 10.1 Å². The minimum Gasteiger partial charge on any atom is -0.464 e. The molecule has 0 aliphatic rings. The highest BCUT2D eigenvalue weighted by Gasteiger charge is 2.37. The summed E-state index contributed by atoms with van der Waals surface area (Å²) in [6, 6.07) is 9.10. The Morgan fingerprint density at radius 2 is 1.83 bits per heavy atom. The molecule has 1 unspecified atom stereocenters. The van der Waals surface area contributed by atoms with E-state index in [0.29, 0.717) is 12.0 Å². The fraction of sp³-hybridized carbons (Fsp3) is 0.429. The minimum absolute atomic E-state index is 0.186. The predicted molar refractivity (Wildman–Crippen MR) is 68.9 cm³/mol. The Balaban J connectivity index is 3.08. The fourth-order valence-corrected chi connectivity index (χ4v) is 1.66. The van der Waals surface area contributed by atoms with Crippen LogP contribution in [0.25, 0.3) is 0 Å². The molecular weight excluding hydrogens is 230 g/mol. The normalized spacial score (nSPS) is 13.5. The average molecular weight is 249 g/mol. The van der Waals surface area contributed by atoms with Gasteiger partial charge in [0.05, 0.1) is 6.61 Å². The van der Waals surface area contributed by atoms with Crippen LogP contribution in [-0.2, 0) is 19.9 Å². The van der Waals surface area contributed by atoms with Gasteiger partial charge >= 0.3 is 5.97 Å². The maximum absolute atomic E-state index is 12.1. The average Bonchev–Trinajstić information content (AvgIpc) is 2.39. The number of carbonyl (C=O) groups excluding carboxylic acids is 2. The van der Waals surface area contributed by atoms with Crippen molar-refractivity contribution in [1.82, 2.24) is 5.32 Å². The number of carbonyl (C=O) groups is 2. The van der Waals surface area contributed by atoms with Crippen molar-refractivity contribution in [2.75, 3.05) is 6.61 Å². The highest BCUT2D eigenvalue weighted by molar-refractivity contribution is 5.88. The third kappa shape index (κ3) is 3.09. The summed E-state index contributed by atoms with van der Waals surface area (Å²) in [6.45, 7) is 5.42. The van der Waals surface area contributed by atoms with Crippen molar-refractivity contribution < 1.29 is 14.3 Å². The van der Waals surface area contributed by atoms with Crippen LogP contribution in [0.15, 0.2) is 30.3 Å². The van der Waals surface area contributed by atoms with Gasteiger partial charge in [-0.25, -0.2) is 4.79 Å². The summed E-state index contributed by atoms with van der Waals surface area (Å²) in [6.07, 6.45) is 0.321. The molecule has 18 heavy (non-hydrogen) atoms. The second-order valence-corrected chi connectivity index (χ2v) is 4.11. The lowest BCUT2D eigenvalue weighted by molar-refractivity contribution is -0.153. The molecule has 0 radical (unpaired) electrons. The van der Waals surface area contributed by atoms with Crippen molar-refractivity contribution in [3.05, 3.63) is 35.9 Å². The molecule has 0 aromatic heterocycles. The molecular formula is C14H19NO3. The molecule has 1 rings (SSSR count). The van der Waals surface area contributed by atoms with Gasteiger partial charge in [0.15, 0.2) is 5.54 Å².